The maximum atomic E-state index is 12.5. The lowest BCUT2D eigenvalue weighted by molar-refractivity contribution is -0.116. The number of H-pyrrole nitrogens is 1. The van der Waals surface area contributed by atoms with Crippen LogP contribution in [0.3, 0.4) is 0 Å². The van der Waals surface area contributed by atoms with Gasteiger partial charge in [-0.15, -0.1) is 6.42 Å². The molecular formula is C18H17N3O2S. The fourth-order valence-corrected chi connectivity index (χ4v) is 3.34. The molecule has 1 unspecified atom stereocenters. The summed E-state index contributed by atoms with van der Waals surface area (Å²) in [7, 11) is 0. The van der Waals surface area contributed by atoms with Crippen molar-refractivity contribution in [3.63, 3.8) is 0 Å². The van der Waals surface area contributed by atoms with Crippen molar-refractivity contribution in [2.24, 2.45) is 0 Å². The summed E-state index contributed by atoms with van der Waals surface area (Å²) < 4.78 is 0. The molecule has 5 nitrogen and oxygen atoms in total. The van der Waals surface area contributed by atoms with Gasteiger partial charge >= 0.3 is 0 Å². The van der Waals surface area contributed by atoms with Crippen LogP contribution in [0.2, 0.25) is 0 Å². The number of aryl methyl sites for hydroxylation is 1. The molecule has 24 heavy (non-hydrogen) atoms. The Bertz CT molecular complexity index is 865. The van der Waals surface area contributed by atoms with E-state index in [2.05, 4.69) is 28.1 Å². The van der Waals surface area contributed by atoms with Crippen LogP contribution in [0.5, 0.6) is 0 Å². The fourth-order valence-electron chi connectivity index (χ4n) is 2.80. The number of aromatic nitrogens is 2. The lowest BCUT2D eigenvalue weighted by atomic mass is 9.86. The number of carbonyl (C=O) groups is 1. The quantitative estimate of drug-likeness (QED) is 0.510. The minimum absolute atomic E-state index is 0.141. The van der Waals surface area contributed by atoms with Crippen LogP contribution >= 0.6 is 11.8 Å². The number of benzene rings is 1. The second kappa shape index (κ2) is 6.93. The number of nitrogens with one attached hydrogen (secondary N) is 2. The monoisotopic (exact) mass is 339 g/mol. The molecule has 2 heterocycles. The Morgan fingerprint density at radius 1 is 1.33 bits per heavy atom. The number of hydrogen-bond acceptors (Lipinski definition) is 4. The number of amides is 1. The molecule has 2 aromatic rings. The van der Waals surface area contributed by atoms with E-state index in [9.17, 15) is 9.59 Å². The number of carbonyl (C=O) groups excluding carboxylic acids is 1. The van der Waals surface area contributed by atoms with Gasteiger partial charge in [0.1, 0.15) is 5.82 Å². The molecule has 0 spiro atoms. The molecule has 1 aromatic carbocycles. The van der Waals surface area contributed by atoms with Gasteiger partial charge in [0.15, 0.2) is 5.16 Å². The third kappa shape index (κ3) is 3.22. The van der Waals surface area contributed by atoms with E-state index < -0.39 is 0 Å². The third-order valence-corrected chi connectivity index (χ3v) is 4.79. The molecule has 0 saturated heterocycles. The molecule has 1 aromatic heterocycles. The lowest BCUT2D eigenvalue weighted by Gasteiger charge is -2.24. The molecule has 3 rings (SSSR count). The van der Waals surface area contributed by atoms with E-state index in [0.717, 1.165) is 12.0 Å². The molecule has 2 N–H and O–H groups in total. The van der Waals surface area contributed by atoms with Crippen molar-refractivity contribution in [2.45, 2.75) is 30.8 Å². The fraction of sp³-hybridized carbons (Fsp3) is 0.278. The van der Waals surface area contributed by atoms with Gasteiger partial charge in [0.25, 0.3) is 5.56 Å². The Hall–Kier alpha value is -2.52. The van der Waals surface area contributed by atoms with Crippen LogP contribution in [-0.4, -0.2) is 21.6 Å². The van der Waals surface area contributed by atoms with E-state index in [1.807, 2.05) is 24.3 Å². The Morgan fingerprint density at radius 2 is 2.08 bits per heavy atom. The lowest BCUT2D eigenvalue weighted by Crippen LogP contribution is -2.31. The minimum Gasteiger partial charge on any atom is -0.310 e. The smallest absolute Gasteiger partial charge is 0.257 e. The maximum absolute atomic E-state index is 12.5. The molecule has 1 atom stereocenters. The summed E-state index contributed by atoms with van der Waals surface area (Å²) in [4.78, 5) is 31.7. The van der Waals surface area contributed by atoms with Gasteiger partial charge < -0.3 is 10.3 Å². The predicted molar refractivity (Wildman–Crippen MR) is 95.3 cm³/mol. The summed E-state index contributed by atoms with van der Waals surface area (Å²) in [5.74, 6) is 2.79. The normalized spacial score (nSPS) is 16.2. The molecule has 0 radical (unpaired) electrons. The van der Waals surface area contributed by atoms with Gasteiger partial charge in [0, 0.05) is 12.3 Å². The number of anilines is 1. The van der Waals surface area contributed by atoms with Gasteiger partial charge in [0.05, 0.1) is 11.3 Å². The van der Waals surface area contributed by atoms with E-state index in [1.165, 1.54) is 17.3 Å². The highest BCUT2D eigenvalue weighted by molar-refractivity contribution is 7.99. The first-order valence-corrected chi connectivity index (χ1v) is 8.70. The summed E-state index contributed by atoms with van der Waals surface area (Å²) in [5, 5.41) is 3.12. The van der Waals surface area contributed by atoms with Crippen molar-refractivity contribution in [3.8, 4) is 12.3 Å². The maximum Gasteiger partial charge on any atom is 0.257 e. The highest BCUT2D eigenvalue weighted by Crippen LogP contribution is 2.34. The summed E-state index contributed by atoms with van der Waals surface area (Å²) >= 11 is 1.26. The number of rotatable bonds is 4. The second-order valence-electron chi connectivity index (χ2n) is 5.53. The summed E-state index contributed by atoms with van der Waals surface area (Å²) in [5.41, 5.74) is 2.43. The topological polar surface area (TPSA) is 74.8 Å². The van der Waals surface area contributed by atoms with Gasteiger partial charge in [-0.1, -0.05) is 48.9 Å². The summed E-state index contributed by atoms with van der Waals surface area (Å²) in [6.45, 7) is 2.09. The van der Waals surface area contributed by atoms with E-state index in [-0.39, 0.29) is 23.8 Å². The molecule has 0 fully saturated rings. The van der Waals surface area contributed by atoms with Gasteiger partial charge in [-0.2, -0.15) is 0 Å². The molecule has 0 bridgehead atoms. The number of aromatic amines is 1. The SMILES string of the molecule is C#CCSc1nc2c(c(=O)[nH]1)C(c1ccc(CC)cc1)CC(=O)N2. The molecule has 0 aliphatic carbocycles. The zero-order valence-electron chi connectivity index (χ0n) is 13.3. The molecule has 1 aliphatic heterocycles. The van der Waals surface area contributed by atoms with Crippen molar-refractivity contribution in [3.05, 3.63) is 51.3 Å². The van der Waals surface area contributed by atoms with Crippen molar-refractivity contribution in [1.29, 1.82) is 0 Å². The number of nitrogens with zero attached hydrogens (tertiary/aromatic N) is 1. The molecule has 1 amide bonds. The first kappa shape index (κ1) is 16.3. The van der Waals surface area contributed by atoms with E-state index in [0.29, 0.717) is 22.3 Å². The van der Waals surface area contributed by atoms with Crippen LogP contribution < -0.4 is 10.9 Å². The Morgan fingerprint density at radius 3 is 2.75 bits per heavy atom. The molecule has 122 valence electrons. The van der Waals surface area contributed by atoms with Gasteiger partial charge in [-0.25, -0.2) is 4.98 Å². The highest BCUT2D eigenvalue weighted by Gasteiger charge is 2.30. The predicted octanol–water partition coefficient (Wildman–Crippen LogP) is 2.53. The Balaban J connectivity index is 2.04. The standard InChI is InChI=1S/C18H17N3O2S/c1-3-9-24-18-20-16-15(17(23)21-18)13(10-14(22)19-16)12-7-5-11(4-2)6-8-12/h1,5-8,13H,4,9-10H2,2H3,(H2,19,20,21,22,23). The average Bonchev–Trinajstić information content (AvgIpc) is 2.59. The summed E-state index contributed by atoms with van der Waals surface area (Å²) in [6, 6.07) is 8.01. The highest BCUT2D eigenvalue weighted by atomic mass is 32.2. The van der Waals surface area contributed by atoms with Crippen molar-refractivity contribution < 1.29 is 4.79 Å². The average molecular weight is 339 g/mol. The first-order chi connectivity index (χ1) is 11.6. The molecule has 6 heteroatoms. The number of terminal acetylenes is 1. The Labute approximate surface area is 144 Å². The van der Waals surface area contributed by atoms with Gasteiger partial charge in [0.2, 0.25) is 5.91 Å². The van der Waals surface area contributed by atoms with Crippen molar-refractivity contribution in [2.75, 3.05) is 11.1 Å². The Kier molecular flexibility index (Phi) is 4.72. The van der Waals surface area contributed by atoms with Crippen molar-refractivity contribution >= 4 is 23.5 Å². The minimum atomic E-state index is -0.289. The first-order valence-electron chi connectivity index (χ1n) is 7.71. The van der Waals surface area contributed by atoms with Crippen LogP contribution in [0.15, 0.2) is 34.2 Å². The zero-order chi connectivity index (χ0) is 17.1. The molecule has 0 saturated carbocycles. The molecular weight excluding hydrogens is 322 g/mol. The van der Waals surface area contributed by atoms with E-state index in [1.54, 1.807) is 0 Å². The van der Waals surface area contributed by atoms with Crippen LogP contribution in [-0.2, 0) is 11.2 Å². The van der Waals surface area contributed by atoms with Crippen LogP contribution in [0.1, 0.15) is 36.0 Å². The van der Waals surface area contributed by atoms with E-state index >= 15 is 0 Å². The molecule has 1 aliphatic rings. The third-order valence-electron chi connectivity index (χ3n) is 4.01. The van der Waals surface area contributed by atoms with E-state index in [4.69, 9.17) is 6.42 Å². The number of thioether (sulfide) groups is 1. The van der Waals surface area contributed by atoms with Gasteiger partial charge in [-0.3, -0.25) is 9.59 Å². The second-order valence-corrected chi connectivity index (χ2v) is 6.49. The van der Waals surface area contributed by atoms with Crippen molar-refractivity contribution in [1.82, 2.24) is 9.97 Å². The summed E-state index contributed by atoms with van der Waals surface area (Å²) in [6.07, 6.45) is 6.42. The number of hydrogen-bond donors (Lipinski definition) is 2. The van der Waals surface area contributed by atoms with Crippen LogP contribution in [0.4, 0.5) is 5.82 Å². The van der Waals surface area contributed by atoms with Gasteiger partial charge in [-0.05, 0) is 17.5 Å². The number of fused-ring (bicyclic) bond motifs is 1. The largest absolute Gasteiger partial charge is 0.310 e. The van der Waals surface area contributed by atoms with Crippen LogP contribution in [0, 0.1) is 12.3 Å². The zero-order valence-corrected chi connectivity index (χ0v) is 14.1. The van der Waals surface area contributed by atoms with Crippen LogP contribution in [0.25, 0.3) is 0 Å².